The van der Waals surface area contributed by atoms with Crippen LogP contribution in [0.1, 0.15) is 17.0 Å². The quantitative estimate of drug-likeness (QED) is 0.795. The Morgan fingerprint density at radius 2 is 1.70 bits per heavy atom. The SMILES string of the molecule is COc1ccc(OC)c(C(C#N)Cc2ccc(OC)c(Cl)c2)c1. The van der Waals surface area contributed by atoms with E-state index in [9.17, 15) is 5.26 Å². The third-order valence-corrected chi connectivity index (χ3v) is 3.92. The lowest BCUT2D eigenvalue weighted by Crippen LogP contribution is -2.04. The van der Waals surface area contributed by atoms with E-state index in [-0.39, 0.29) is 5.92 Å². The van der Waals surface area contributed by atoms with Crippen molar-refractivity contribution in [3.63, 3.8) is 0 Å². The number of ether oxygens (including phenoxy) is 3. The van der Waals surface area contributed by atoms with Gasteiger partial charge in [0.15, 0.2) is 0 Å². The molecule has 23 heavy (non-hydrogen) atoms. The summed E-state index contributed by atoms with van der Waals surface area (Å²) in [6.45, 7) is 0. The molecule has 2 rings (SSSR count). The molecule has 0 fully saturated rings. The second-order valence-electron chi connectivity index (χ2n) is 4.96. The van der Waals surface area contributed by atoms with Crippen molar-refractivity contribution in [3.8, 4) is 23.3 Å². The molecule has 0 amide bonds. The molecule has 0 heterocycles. The summed E-state index contributed by atoms with van der Waals surface area (Å²) in [6.07, 6.45) is 0.518. The van der Waals surface area contributed by atoms with Crippen LogP contribution >= 0.6 is 11.6 Å². The van der Waals surface area contributed by atoms with E-state index in [1.807, 2.05) is 18.2 Å². The van der Waals surface area contributed by atoms with Gasteiger partial charge in [0, 0.05) is 5.56 Å². The van der Waals surface area contributed by atoms with Gasteiger partial charge in [-0.25, -0.2) is 0 Å². The van der Waals surface area contributed by atoms with Crippen molar-refractivity contribution in [3.05, 3.63) is 52.5 Å². The fourth-order valence-electron chi connectivity index (χ4n) is 2.41. The van der Waals surface area contributed by atoms with Crippen LogP contribution < -0.4 is 14.2 Å². The monoisotopic (exact) mass is 331 g/mol. The zero-order chi connectivity index (χ0) is 16.8. The maximum atomic E-state index is 9.59. The fourth-order valence-corrected chi connectivity index (χ4v) is 2.69. The Bertz CT molecular complexity index is 725. The van der Waals surface area contributed by atoms with Gasteiger partial charge < -0.3 is 14.2 Å². The molecule has 0 aromatic heterocycles. The molecular weight excluding hydrogens is 314 g/mol. The van der Waals surface area contributed by atoms with Gasteiger partial charge in [0.25, 0.3) is 0 Å². The number of halogens is 1. The fraction of sp³-hybridized carbons (Fsp3) is 0.278. The Labute approximate surface area is 141 Å². The van der Waals surface area contributed by atoms with E-state index in [0.29, 0.717) is 28.7 Å². The Hall–Kier alpha value is -2.38. The van der Waals surface area contributed by atoms with Gasteiger partial charge in [-0.1, -0.05) is 17.7 Å². The topological polar surface area (TPSA) is 51.5 Å². The summed E-state index contributed by atoms with van der Waals surface area (Å²) in [6, 6.07) is 13.3. The second-order valence-corrected chi connectivity index (χ2v) is 5.37. The molecule has 0 aliphatic carbocycles. The Morgan fingerprint density at radius 1 is 1.00 bits per heavy atom. The van der Waals surface area contributed by atoms with Gasteiger partial charge in [0.1, 0.15) is 17.2 Å². The van der Waals surface area contributed by atoms with Crippen LogP contribution in [0.4, 0.5) is 0 Å². The van der Waals surface area contributed by atoms with E-state index >= 15 is 0 Å². The molecule has 4 nitrogen and oxygen atoms in total. The first-order valence-electron chi connectivity index (χ1n) is 7.06. The van der Waals surface area contributed by atoms with Crippen molar-refractivity contribution in [2.45, 2.75) is 12.3 Å². The molecular formula is C18H18ClNO3. The third-order valence-electron chi connectivity index (χ3n) is 3.62. The third kappa shape index (κ3) is 3.88. The average Bonchev–Trinajstić information content (AvgIpc) is 2.59. The highest BCUT2D eigenvalue weighted by atomic mass is 35.5. The highest BCUT2D eigenvalue weighted by molar-refractivity contribution is 6.32. The summed E-state index contributed by atoms with van der Waals surface area (Å²) in [5, 5.41) is 10.1. The van der Waals surface area contributed by atoms with Crippen LogP contribution in [0.5, 0.6) is 17.2 Å². The zero-order valence-corrected chi connectivity index (χ0v) is 14.1. The molecule has 1 atom stereocenters. The van der Waals surface area contributed by atoms with Crippen molar-refractivity contribution < 1.29 is 14.2 Å². The summed E-state index contributed by atoms with van der Waals surface area (Å²) >= 11 is 6.16. The number of benzene rings is 2. The van der Waals surface area contributed by atoms with Crippen LogP contribution in [0.3, 0.4) is 0 Å². The molecule has 2 aromatic carbocycles. The Kier molecular flexibility index (Phi) is 5.72. The van der Waals surface area contributed by atoms with Crippen LogP contribution in [0.25, 0.3) is 0 Å². The molecule has 120 valence electrons. The van der Waals surface area contributed by atoms with Crippen molar-refractivity contribution in [1.29, 1.82) is 5.26 Å². The van der Waals surface area contributed by atoms with Crippen LogP contribution in [-0.4, -0.2) is 21.3 Å². The highest BCUT2D eigenvalue weighted by Crippen LogP contribution is 2.33. The van der Waals surface area contributed by atoms with E-state index < -0.39 is 0 Å². The van der Waals surface area contributed by atoms with E-state index in [1.54, 1.807) is 39.5 Å². The molecule has 0 aliphatic rings. The minimum Gasteiger partial charge on any atom is -0.497 e. The lowest BCUT2D eigenvalue weighted by atomic mass is 9.92. The summed E-state index contributed by atoms with van der Waals surface area (Å²) in [5.74, 6) is 1.60. The van der Waals surface area contributed by atoms with Gasteiger partial charge in [0.2, 0.25) is 0 Å². The van der Waals surface area contributed by atoms with E-state index in [0.717, 1.165) is 11.1 Å². The molecule has 1 unspecified atom stereocenters. The maximum absolute atomic E-state index is 9.59. The van der Waals surface area contributed by atoms with Crippen molar-refractivity contribution in [2.24, 2.45) is 0 Å². The first-order valence-corrected chi connectivity index (χ1v) is 7.44. The van der Waals surface area contributed by atoms with Crippen LogP contribution in [0.15, 0.2) is 36.4 Å². The number of rotatable bonds is 6. The van der Waals surface area contributed by atoms with Gasteiger partial charge in [-0.2, -0.15) is 5.26 Å². The van der Waals surface area contributed by atoms with E-state index in [1.165, 1.54) is 0 Å². The summed E-state index contributed by atoms with van der Waals surface area (Å²) in [5.41, 5.74) is 1.74. The summed E-state index contributed by atoms with van der Waals surface area (Å²) in [4.78, 5) is 0. The maximum Gasteiger partial charge on any atom is 0.137 e. The minimum atomic E-state index is -0.371. The second kappa shape index (κ2) is 7.75. The van der Waals surface area contributed by atoms with Crippen LogP contribution in [0, 0.1) is 11.3 Å². The molecule has 0 spiro atoms. The Morgan fingerprint density at radius 3 is 2.26 bits per heavy atom. The van der Waals surface area contributed by atoms with Gasteiger partial charge in [-0.15, -0.1) is 0 Å². The van der Waals surface area contributed by atoms with Crippen molar-refractivity contribution in [1.82, 2.24) is 0 Å². The van der Waals surface area contributed by atoms with Gasteiger partial charge in [-0.05, 0) is 42.3 Å². The van der Waals surface area contributed by atoms with Crippen molar-refractivity contribution in [2.75, 3.05) is 21.3 Å². The predicted molar refractivity (Wildman–Crippen MR) is 89.6 cm³/mol. The number of nitrogens with zero attached hydrogens (tertiary/aromatic N) is 1. The first-order chi connectivity index (χ1) is 11.1. The molecule has 2 aromatic rings. The molecule has 0 bridgehead atoms. The molecule has 0 N–H and O–H groups in total. The Balaban J connectivity index is 2.33. The highest BCUT2D eigenvalue weighted by Gasteiger charge is 2.18. The summed E-state index contributed by atoms with van der Waals surface area (Å²) in [7, 11) is 4.75. The molecule has 0 saturated heterocycles. The van der Waals surface area contributed by atoms with E-state index in [2.05, 4.69) is 6.07 Å². The smallest absolute Gasteiger partial charge is 0.137 e. The van der Waals surface area contributed by atoms with Crippen LogP contribution in [-0.2, 0) is 6.42 Å². The number of nitriles is 1. The van der Waals surface area contributed by atoms with Gasteiger partial charge in [-0.3, -0.25) is 0 Å². The predicted octanol–water partition coefficient (Wildman–Crippen LogP) is 4.22. The molecule has 0 saturated carbocycles. The molecule has 5 heteroatoms. The van der Waals surface area contributed by atoms with E-state index in [4.69, 9.17) is 25.8 Å². The normalized spacial score (nSPS) is 11.4. The van der Waals surface area contributed by atoms with Crippen LogP contribution in [0.2, 0.25) is 5.02 Å². The first kappa shape index (κ1) is 17.0. The largest absolute Gasteiger partial charge is 0.497 e. The minimum absolute atomic E-state index is 0.371. The zero-order valence-electron chi connectivity index (χ0n) is 13.3. The lowest BCUT2D eigenvalue weighted by molar-refractivity contribution is 0.397. The number of methoxy groups -OCH3 is 3. The summed E-state index contributed by atoms with van der Waals surface area (Å²) < 4.78 is 15.8. The van der Waals surface area contributed by atoms with Gasteiger partial charge in [0.05, 0.1) is 38.3 Å². The number of hydrogen-bond acceptors (Lipinski definition) is 4. The van der Waals surface area contributed by atoms with Crippen molar-refractivity contribution >= 4 is 11.6 Å². The standard InChI is InChI=1S/C18H18ClNO3/c1-21-14-5-7-17(22-2)15(10-14)13(11-20)8-12-4-6-18(23-3)16(19)9-12/h4-7,9-10,13H,8H2,1-3H3. The molecule has 0 aliphatic heterocycles. The molecule has 0 radical (unpaired) electrons. The van der Waals surface area contributed by atoms with Gasteiger partial charge >= 0.3 is 0 Å². The lowest BCUT2D eigenvalue weighted by Gasteiger charge is -2.15. The average molecular weight is 332 g/mol. The number of hydrogen-bond donors (Lipinski definition) is 0.